The molecule has 122 valence electrons. The van der Waals surface area contributed by atoms with E-state index in [1.165, 1.54) is 42.4 Å². The third kappa shape index (κ3) is 2.94. The van der Waals surface area contributed by atoms with Crippen LogP contribution in [-0.2, 0) is 4.79 Å². The van der Waals surface area contributed by atoms with E-state index in [1.807, 2.05) is 17.8 Å². The van der Waals surface area contributed by atoms with Gasteiger partial charge in [-0.25, -0.2) is 4.79 Å². The standard InChI is InChI=1S/C19H23NO2S/c21-19(22)11-13-10-18(23-14-6-2-1-3-7-14)17-12-15(13)16-8-4-5-9-20(16)17/h1-3,6-7,11,15-18H,4-5,8-10,12H2,(H,21,22)/b13-11-. The van der Waals surface area contributed by atoms with E-state index in [4.69, 9.17) is 0 Å². The molecule has 2 bridgehead atoms. The number of piperidine rings is 1. The lowest BCUT2D eigenvalue weighted by Crippen LogP contribution is -2.43. The Kier molecular flexibility index (Phi) is 4.20. The number of carboxylic acids is 1. The molecule has 3 nitrogen and oxygen atoms in total. The Bertz CT molecular complexity index is 615. The first kappa shape index (κ1) is 15.3. The van der Waals surface area contributed by atoms with Crippen molar-refractivity contribution in [2.45, 2.75) is 54.3 Å². The van der Waals surface area contributed by atoms with Gasteiger partial charge in [-0.1, -0.05) is 30.2 Å². The predicted octanol–water partition coefficient (Wildman–Crippen LogP) is 3.81. The smallest absolute Gasteiger partial charge is 0.328 e. The number of thioether (sulfide) groups is 1. The summed E-state index contributed by atoms with van der Waals surface area (Å²) in [6.07, 6.45) is 7.41. The lowest BCUT2D eigenvalue weighted by atomic mass is 9.80. The maximum atomic E-state index is 11.3. The van der Waals surface area contributed by atoms with E-state index in [0.29, 0.717) is 23.3 Å². The first-order valence-corrected chi connectivity index (χ1v) is 9.51. The van der Waals surface area contributed by atoms with Crippen molar-refractivity contribution < 1.29 is 9.90 Å². The quantitative estimate of drug-likeness (QED) is 0.856. The maximum Gasteiger partial charge on any atom is 0.328 e. The molecule has 2 saturated heterocycles. The number of rotatable bonds is 3. The number of benzene rings is 1. The van der Waals surface area contributed by atoms with Gasteiger partial charge in [0.15, 0.2) is 0 Å². The van der Waals surface area contributed by atoms with Crippen LogP contribution in [0.5, 0.6) is 0 Å². The Hall–Kier alpha value is -1.26. The Morgan fingerprint density at radius 1 is 1.22 bits per heavy atom. The van der Waals surface area contributed by atoms with Crippen molar-refractivity contribution >= 4 is 17.7 Å². The van der Waals surface area contributed by atoms with Crippen LogP contribution in [0.3, 0.4) is 0 Å². The van der Waals surface area contributed by atoms with Crippen LogP contribution in [0.25, 0.3) is 0 Å². The molecule has 1 aliphatic carbocycles. The van der Waals surface area contributed by atoms with E-state index < -0.39 is 5.97 Å². The second-order valence-corrected chi connectivity index (χ2v) is 8.25. The Balaban J connectivity index is 1.63. The minimum absolute atomic E-state index is 0.474. The molecule has 3 aliphatic rings. The molecule has 1 N–H and O–H groups in total. The lowest BCUT2D eigenvalue weighted by molar-refractivity contribution is -0.131. The fourth-order valence-corrected chi connectivity index (χ4v) is 6.14. The molecule has 0 aromatic heterocycles. The van der Waals surface area contributed by atoms with Crippen LogP contribution in [0.15, 0.2) is 46.9 Å². The number of hydrogen-bond donors (Lipinski definition) is 1. The molecule has 1 saturated carbocycles. The van der Waals surface area contributed by atoms with Crippen molar-refractivity contribution in [1.29, 1.82) is 0 Å². The second kappa shape index (κ2) is 6.33. The molecular weight excluding hydrogens is 306 g/mol. The van der Waals surface area contributed by atoms with Gasteiger partial charge in [-0.05, 0) is 50.3 Å². The SMILES string of the molecule is O=C(O)/C=C1/CC(Sc2ccccc2)C2CC1C1CCCCN21. The van der Waals surface area contributed by atoms with Crippen LogP contribution < -0.4 is 0 Å². The highest BCUT2D eigenvalue weighted by Gasteiger charge is 2.50. The zero-order valence-corrected chi connectivity index (χ0v) is 14.0. The van der Waals surface area contributed by atoms with Crippen LogP contribution in [-0.4, -0.2) is 39.9 Å². The molecule has 0 radical (unpaired) electrons. The van der Waals surface area contributed by atoms with Gasteiger partial charge < -0.3 is 5.11 Å². The van der Waals surface area contributed by atoms with Crippen molar-refractivity contribution in [2.75, 3.05) is 6.54 Å². The van der Waals surface area contributed by atoms with Gasteiger partial charge in [0.1, 0.15) is 0 Å². The summed E-state index contributed by atoms with van der Waals surface area (Å²) in [5.74, 6) is -0.305. The van der Waals surface area contributed by atoms with Crippen LogP contribution in [0.2, 0.25) is 0 Å². The highest BCUT2D eigenvalue weighted by molar-refractivity contribution is 8.00. The number of fused-ring (bicyclic) bond motifs is 5. The molecule has 4 atom stereocenters. The maximum absolute atomic E-state index is 11.3. The highest BCUT2D eigenvalue weighted by atomic mass is 32.2. The number of aliphatic carboxylic acids is 1. The fraction of sp³-hybridized carbons (Fsp3) is 0.526. The van der Waals surface area contributed by atoms with Crippen molar-refractivity contribution in [3.05, 3.63) is 42.0 Å². The van der Waals surface area contributed by atoms with Crippen molar-refractivity contribution in [2.24, 2.45) is 5.92 Å². The Labute approximate surface area is 141 Å². The van der Waals surface area contributed by atoms with Crippen LogP contribution >= 0.6 is 11.8 Å². The predicted molar refractivity (Wildman–Crippen MR) is 92.7 cm³/mol. The molecule has 3 fully saturated rings. The monoisotopic (exact) mass is 329 g/mol. The van der Waals surface area contributed by atoms with E-state index in [0.717, 1.165) is 12.8 Å². The van der Waals surface area contributed by atoms with Gasteiger partial charge in [-0.3, -0.25) is 4.90 Å². The van der Waals surface area contributed by atoms with Gasteiger partial charge in [-0.2, -0.15) is 0 Å². The first-order chi connectivity index (χ1) is 11.2. The highest BCUT2D eigenvalue weighted by Crippen LogP contribution is 2.50. The molecule has 4 rings (SSSR count). The number of nitrogens with zero attached hydrogens (tertiary/aromatic N) is 1. The molecular formula is C19H23NO2S. The van der Waals surface area contributed by atoms with Gasteiger partial charge in [0.05, 0.1) is 0 Å². The summed E-state index contributed by atoms with van der Waals surface area (Å²) in [6, 6.07) is 11.7. The van der Waals surface area contributed by atoms with E-state index in [2.05, 4.69) is 29.2 Å². The van der Waals surface area contributed by atoms with Crippen LogP contribution in [0, 0.1) is 5.92 Å². The minimum atomic E-state index is -0.781. The zero-order valence-electron chi connectivity index (χ0n) is 13.2. The van der Waals surface area contributed by atoms with Crippen LogP contribution in [0.4, 0.5) is 0 Å². The molecule has 2 aliphatic heterocycles. The molecule has 2 heterocycles. The molecule has 1 aromatic rings. The van der Waals surface area contributed by atoms with Gasteiger partial charge in [-0.15, -0.1) is 11.8 Å². The summed E-state index contributed by atoms with van der Waals surface area (Å²) in [6.45, 7) is 1.19. The van der Waals surface area contributed by atoms with E-state index in [1.54, 1.807) is 0 Å². The molecule has 0 spiro atoms. The summed E-state index contributed by atoms with van der Waals surface area (Å²) in [5, 5.41) is 9.74. The summed E-state index contributed by atoms with van der Waals surface area (Å²) >= 11 is 1.94. The van der Waals surface area contributed by atoms with Crippen LogP contribution in [0.1, 0.15) is 32.1 Å². The molecule has 1 aromatic carbocycles. The van der Waals surface area contributed by atoms with Crippen molar-refractivity contribution in [3.63, 3.8) is 0 Å². The number of hydrogen-bond acceptors (Lipinski definition) is 3. The van der Waals surface area contributed by atoms with E-state index in [9.17, 15) is 9.90 Å². The average Bonchev–Trinajstić information content (AvgIpc) is 2.89. The first-order valence-electron chi connectivity index (χ1n) is 8.63. The molecule has 4 heteroatoms. The fourth-order valence-electron chi connectivity index (χ4n) is 4.78. The van der Waals surface area contributed by atoms with E-state index in [-0.39, 0.29) is 0 Å². The second-order valence-electron chi connectivity index (χ2n) is 6.94. The van der Waals surface area contributed by atoms with Crippen molar-refractivity contribution in [3.8, 4) is 0 Å². The van der Waals surface area contributed by atoms with Gasteiger partial charge >= 0.3 is 5.97 Å². The summed E-state index contributed by atoms with van der Waals surface area (Å²) < 4.78 is 0. The third-order valence-corrected chi connectivity index (χ3v) is 6.99. The largest absolute Gasteiger partial charge is 0.478 e. The lowest BCUT2D eigenvalue weighted by Gasteiger charge is -2.36. The van der Waals surface area contributed by atoms with Crippen molar-refractivity contribution in [1.82, 2.24) is 4.90 Å². The Morgan fingerprint density at radius 3 is 2.83 bits per heavy atom. The molecule has 23 heavy (non-hydrogen) atoms. The topological polar surface area (TPSA) is 40.5 Å². The molecule has 0 amide bonds. The average molecular weight is 329 g/mol. The van der Waals surface area contributed by atoms with Gasteiger partial charge in [0.2, 0.25) is 0 Å². The Morgan fingerprint density at radius 2 is 2.04 bits per heavy atom. The normalized spacial score (nSPS) is 35.2. The van der Waals surface area contributed by atoms with Gasteiger partial charge in [0.25, 0.3) is 0 Å². The number of carboxylic acid groups (broad SMARTS) is 1. The van der Waals surface area contributed by atoms with Gasteiger partial charge in [0, 0.05) is 28.3 Å². The zero-order chi connectivity index (χ0) is 15.8. The summed E-state index contributed by atoms with van der Waals surface area (Å²) in [4.78, 5) is 15.3. The van der Waals surface area contributed by atoms with E-state index >= 15 is 0 Å². The minimum Gasteiger partial charge on any atom is -0.478 e. The third-order valence-electron chi connectivity index (χ3n) is 5.66. The molecule has 4 unspecified atom stereocenters. The summed E-state index contributed by atoms with van der Waals surface area (Å²) in [5.41, 5.74) is 1.18. The summed E-state index contributed by atoms with van der Waals surface area (Å²) in [7, 11) is 0. The number of carbonyl (C=O) groups is 1.